The Hall–Kier alpha value is -4.46. The van der Waals surface area contributed by atoms with Crippen LogP contribution >= 0.6 is 0 Å². The second-order valence-electron chi connectivity index (χ2n) is 9.14. The number of rotatable bonds is 7. The van der Waals surface area contributed by atoms with E-state index in [2.05, 4.69) is 4.90 Å². The van der Waals surface area contributed by atoms with Crippen LogP contribution in [-0.4, -0.2) is 55.0 Å². The molecule has 37 heavy (non-hydrogen) atoms. The number of carboxylic acids is 1. The first-order valence-electron chi connectivity index (χ1n) is 12.0. The van der Waals surface area contributed by atoms with Crippen molar-refractivity contribution in [2.24, 2.45) is 0 Å². The number of anilines is 1. The van der Waals surface area contributed by atoms with Gasteiger partial charge in [-0.1, -0.05) is 12.1 Å². The summed E-state index contributed by atoms with van der Waals surface area (Å²) in [6, 6.07) is 20.0. The molecule has 4 aromatic rings. The predicted octanol–water partition coefficient (Wildman–Crippen LogP) is 4.55. The number of hydrogen-bond acceptors (Lipinski definition) is 6. The van der Waals surface area contributed by atoms with Gasteiger partial charge in [0.1, 0.15) is 30.0 Å². The van der Waals surface area contributed by atoms with Gasteiger partial charge in [0.05, 0.1) is 31.3 Å². The standard InChI is InChI=1S/C29H28N2O6/c1-18-13-24-20(14-28(32)33)5-4-6-25(24)31(18)29(34)19-7-9-21(10-8-19)36-17-23-16-30(2)26-15-22(35-3)11-12-27(26)37-23/h4-13,15,23H,14,16-17H2,1-3H3,(H,32,33). The van der Waals surface area contributed by atoms with Gasteiger partial charge in [0.2, 0.25) is 0 Å². The molecule has 8 nitrogen and oxygen atoms in total. The van der Waals surface area contributed by atoms with Crippen LogP contribution in [0.5, 0.6) is 17.2 Å². The lowest BCUT2D eigenvalue weighted by Crippen LogP contribution is -2.41. The third-order valence-electron chi connectivity index (χ3n) is 6.55. The average Bonchev–Trinajstić information content (AvgIpc) is 3.23. The Bertz CT molecular complexity index is 1470. The van der Waals surface area contributed by atoms with Gasteiger partial charge in [-0.3, -0.25) is 14.2 Å². The zero-order valence-electron chi connectivity index (χ0n) is 20.9. The number of aliphatic carboxylic acids is 1. The van der Waals surface area contributed by atoms with Crippen molar-refractivity contribution in [1.29, 1.82) is 0 Å². The van der Waals surface area contributed by atoms with Gasteiger partial charge in [0.25, 0.3) is 5.91 Å². The highest BCUT2D eigenvalue weighted by Crippen LogP contribution is 2.35. The lowest BCUT2D eigenvalue weighted by Gasteiger charge is -2.33. The maximum Gasteiger partial charge on any atom is 0.307 e. The van der Waals surface area contributed by atoms with Crippen LogP contribution < -0.4 is 19.1 Å². The second-order valence-corrected chi connectivity index (χ2v) is 9.14. The topological polar surface area (TPSA) is 90.2 Å². The Morgan fingerprint density at radius 1 is 1.05 bits per heavy atom. The molecular weight excluding hydrogens is 472 g/mol. The molecule has 8 heteroatoms. The molecule has 0 saturated carbocycles. The largest absolute Gasteiger partial charge is 0.497 e. The molecule has 1 aliphatic heterocycles. The van der Waals surface area contributed by atoms with Crippen molar-refractivity contribution in [2.45, 2.75) is 19.4 Å². The summed E-state index contributed by atoms with van der Waals surface area (Å²) < 4.78 is 19.0. The minimum absolute atomic E-state index is 0.0959. The first kappa shape index (κ1) is 24.2. The minimum atomic E-state index is -0.908. The molecular formula is C29H28N2O6. The van der Waals surface area contributed by atoms with Gasteiger partial charge in [-0.15, -0.1) is 0 Å². The van der Waals surface area contributed by atoms with Crippen molar-refractivity contribution in [2.75, 3.05) is 32.2 Å². The van der Waals surface area contributed by atoms with Crippen molar-refractivity contribution in [1.82, 2.24) is 4.57 Å². The van der Waals surface area contributed by atoms with Crippen LogP contribution in [-0.2, 0) is 11.2 Å². The highest BCUT2D eigenvalue weighted by atomic mass is 16.5. The van der Waals surface area contributed by atoms with E-state index in [-0.39, 0.29) is 18.4 Å². The summed E-state index contributed by atoms with van der Waals surface area (Å²) >= 11 is 0. The summed E-state index contributed by atoms with van der Waals surface area (Å²) in [5, 5.41) is 9.99. The Kier molecular flexibility index (Phi) is 6.48. The summed E-state index contributed by atoms with van der Waals surface area (Å²) in [7, 11) is 3.65. The lowest BCUT2D eigenvalue weighted by molar-refractivity contribution is -0.136. The van der Waals surface area contributed by atoms with E-state index in [9.17, 15) is 14.7 Å². The van der Waals surface area contributed by atoms with Gasteiger partial charge < -0.3 is 24.2 Å². The van der Waals surface area contributed by atoms with Crippen LogP contribution in [0.3, 0.4) is 0 Å². The molecule has 5 rings (SSSR count). The van der Waals surface area contributed by atoms with Crippen LogP contribution in [0.1, 0.15) is 21.6 Å². The molecule has 0 fully saturated rings. The van der Waals surface area contributed by atoms with E-state index in [0.717, 1.165) is 28.3 Å². The number of methoxy groups -OCH3 is 1. The van der Waals surface area contributed by atoms with Crippen molar-refractivity contribution in [3.8, 4) is 17.2 Å². The van der Waals surface area contributed by atoms with Gasteiger partial charge in [0, 0.05) is 29.8 Å². The highest BCUT2D eigenvalue weighted by molar-refractivity contribution is 6.04. The third kappa shape index (κ3) is 4.82. The molecule has 190 valence electrons. The molecule has 1 aliphatic rings. The summed E-state index contributed by atoms with van der Waals surface area (Å²) in [5.41, 5.74) is 3.60. The monoisotopic (exact) mass is 500 g/mol. The van der Waals surface area contributed by atoms with E-state index < -0.39 is 5.97 Å². The highest BCUT2D eigenvalue weighted by Gasteiger charge is 2.25. The van der Waals surface area contributed by atoms with Crippen LogP contribution in [0.4, 0.5) is 5.69 Å². The number of aryl methyl sites for hydroxylation is 1. The Morgan fingerprint density at radius 2 is 1.81 bits per heavy atom. The van der Waals surface area contributed by atoms with Crippen molar-refractivity contribution in [3.05, 3.63) is 83.6 Å². The first-order chi connectivity index (χ1) is 17.8. The number of carboxylic acid groups (broad SMARTS) is 1. The number of carbonyl (C=O) groups excluding carboxylic acids is 1. The Labute approximate surface area is 214 Å². The quantitative estimate of drug-likeness (QED) is 0.398. The predicted molar refractivity (Wildman–Crippen MR) is 140 cm³/mol. The smallest absolute Gasteiger partial charge is 0.307 e. The molecule has 0 amide bonds. The molecule has 2 heterocycles. The Balaban J connectivity index is 1.28. The maximum atomic E-state index is 13.4. The molecule has 0 bridgehead atoms. The zero-order chi connectivity index (χ0) is 26.1. The number of nitrogens with zero attached hydrogens (tertiary/aromatic N) is 2. The van der Waals surface area contributed by atoms with E-state index in [1.54, 1.807) is 48.1 Å². The summed E-state index contributed by atoms with van der Waals surface area (Å²) in [6.07, 6.45) is -0.248. The summed E-state index contributed by atoms with van der Waals surface area (Å²) in [5.74, 6) is 1.11. The Morgan fingerprint density at radius 3 is 2.54 bits per heavy atom. The maximum absolute atomic E-state index is 13.4. The van der Waals surface area contributed by atoms with Crippen LogP contribution in [0.15, 0.2) is 66.7 Å². The van der Waals surface area contributed by atoms with E-state index in [1.807, 2.05) is 44.3 Å². The number of ether oxygens (including phenoxy) is 3. The summed E-state index contributed by atoms with van der Waals surface area (Å²) in [4.78, 5) is 26.7. The normalized spacial score (nSPS) is 14.7. The van der Waals surface area contributed by atoms with Gasteiger partial charge in [-0.25, -0.2) is 0 Å². The first-order valence-corrected chi connectivity index (χ1v) is 12.0. The van der Waals surface area contributed by atoms with E-state index in [1.165, 1.54) is 0 Å². The van der Waals surface area contributed by atoms with Gasteiger partial charge in [-0.05, 0) is 61.0 Å². The number of likely N-dealkylation sites (N-methyl/N-ethyl adjacent to an activating group) is 1. The SMILES string of the molecule is COc1ccc2c(c1)N(C)CC(COc1ccc(C(=O)n3c(C)cc4c(CC(=O)O)cccc43)cc1)O2. The summed E-state index contributed by atoms with van der Waals surface area (Å²) in [6.45, 7) is 2.87. The number of aromatic nitrogens is 1. The molecule has 1 aromatic heterocycles. The average molecular weight is 501 g/mol. The zero-order valence-corrected chi connectivity index (χ0v) is 20.9. The van der Waals surface area contributed by atoms with E-state index in [0.29, 0.717) is 35.5 Å². The van der Waals surface area contributed by atoms with E-state index >= 15 is 0 Å². The fourth-order valence-corrected chi connectivity index (χ4v) is 4.75. The molecule has 0 spiro atoms. The number of benzene rings is 3. The molecule has 0 aliphatic carbocycles. The third-order valence-corrected chi connectivity index (χ3v) is 6.55. The van der Waals surface area contributed by atoms with Crippen LogP contribution in [0.25, 0.3) is 10.9 Å². The van der Waals surface area contributed by atoms with Crippen molar-refractivity contribution in [3.63, 3.8) is 0 Å². The van der Waals surface area contributed by atoms with Crippen LogP contribution in [0, 0.1) is 6.92 Å². The van der Waals surface area contributed by atoms with Gasteiger partial charge in [0.15, 0.2) is 0 Å². The molecule has 3 aromatic carbocycles. The van der Waals surface area contributed by atoms with Gasteiger partial charge >= 0.3 is 5.97 Å². The van der Waals surface area contributed by atoms with Crippen molar-refractivity contribution < 1.29 is 28.9 Å². The number of hydrogen-bond donors (Lipinski definition) is 1. The molecule has 1 N–H and O–H groups in total. The van der Waals surface area contributed by atoms with Gasteiger partial charge in [-0.2, -0.15) is 0 Å². The fourth-order valence-electron chi connectivity index (χ4n) is 4.75. The second kappa shape index (κ2) is 9.89. The fraction of sp³-hybridized carbons (Fsp3) is 0.241. The molecule has 1 unspecified atom stereocenters. The number of fused-ring (bicyclic) bond motifs is 2. The molecule has 1 atom stereocenters. The van der Waals surface area contributed by atoms with Crippen molar-refractivity contribution >= 4 is 28.5 Å². The number of carbonyl (C=O) groups is 2. The van der Waals surface area contributed by atoms with E-state index in [4.69, 9.17) is 14.2 Å². The molecule has 0 saturated heterocycles. The van der Waals surface area contributed by atoms with Crippen LogP contribution in [0.2, 0.25) is 0 Å². The minimum Gasteiger partial charge on any atom is -0.497 e. The molecule has 0 radical (unpaired) electrons. The lowest BCUT2D eigenvalue weighted by atomic mass is 10.1.